The van der Waals surface area contributed by atoms with Gasteiger partial charge in [0.25, 0.3) is 5.71 Å². The highest BCUT2D eigenvalue weighted by molar-refractivity contribution is 5.98. The summed E-state index contributed by atoms with van der Waals surface area (Å²) in [6.45, 7) is 5.76. The number of hydrogen-bond acceptors (Lipinski definition) is 8. The summed E-state index contributed by atoms with van der Waals surface area (Å²) in [6.07, 6.45) is 9.45. The number of nitrogens with one attached hydrogen (secondary N) is 1. The standard InChI is InChI=1S/C27H36N6O3/c1-35-22-9-7-20(8-10-22)24-23-25(29-19-30-27(23)36-31-24)33-17-11-21(12-18-33)26(34)28-13-6-16-32-14-4-2-3-5-15-32/h7-10,19,21H,2-6,11-18H2,1H3,(H,28,34). The minimum Gasteiger partial charge on any atom is -0.497 e. The molecule has 9 nitrogen and oxygen atoms in total. The first-order valence-electron chi connectivity index (χ1n) is 13.2. The van der Waals surface area contributed by atoms with E-state index in [2.05, 4.69) is 30.2 Å². The molecule has 3 aromatic rings. The van der Waals surface area contributed by atoms with Gasteiger partial charge in [-0.1, -0.05) is 18.0 Å². The smallest absolute Gasteiger partial charge is 0.263 e. The number of aromatic nitrogens is 3. The lowest BCUT2D eigenvalue weighted by atomic mass is 9.95. The van der Waals surface area contributed by atoms with Gasteiger partial charge in [-0.15, -0.1) is 0 Å². The van der Waals surface area contributed by atoms with Gasteiger partial charge in [0.05, 0.1) is 7.11 Å². The van der Waals surface area contributed by atoms with Gasteiger partial charge in [-0.25, -0.2) is 4.98 Å². The number of carbonyl (C=O) groups is 1. The molecule has 0 atom stereocenters. The minimum atomic E-state index is 0.0419. The quantitative estimate of drug-likeness (QED) is 0.473. The Bertz CT molecular complexity index is 1130. The first kappa shape index (κ1) is 24.5. The number of anilines is 1. The molecule has 2 aliphatic rings. The van der Waals surface area contributed by atoms with Crippen LogP contribution < -0.4 is 15.0 Å². The lowest BCUT2D eigenvalue weighted by Gasteiger charge is -2.32. The van der Waals surface area contributed by atoms with Crippen LogP contribution in [0.15, 0.2) is 35.1 Å². The molecular formula is C27H36N6O3. The molecule has 36 heavy (non-hydrogen) atoms. The van der Waals surface area contributed by atoms with Crippen LogP contribution in [-0.2, 0) is 4.79 Å². The number of methoxy groups -OCH3 is 1. The Morgan fingerprint density at radius 3 is 2.53 bits per heavy atom. The molecule has 0 unspecified atom stereocenters. The highest BCUT2D eigenvalue weighted by Crippen LogP contribution is 2.35. The zero-order valence-electron chi connectivity index (χ0n) is 21.1. The Labute approximate surface area is 212 Å². The van der Waals surface area contributed by atoms with Crippen molar-refractivity contribution in [3.05, 3.63) is 30.6 Å². The number of piperidine rings is 1. The minimum absolute atomic E-state index is 0.0419. The van der Waals surface area contributed by atoms with Crippen LogP contribution >= 0.6 is 0 Å². The number of likely N-dealkylation sites (tertiary alicyclic amines) is 1. The molecule has 4 heterocycles. The maximum atomic E-state index is 12.8. The Hall–Kier alpha value is -3.20. The monoisotopic (exact) mass is 492 g/mol. The lowest BCUT2D eigenvalue weighted by Crippen LogP contribution is -2.41. The second kappa shape index (κ2) is 11.7. The fraction of sp³-hybridized carbons (Fsp3) is 0.556. The maximum absolute atomic E-state index is 12.8. The van der Waals surface area contributed by atoms with Crippen molar-refractivity contribution >= 4 is 22.8 Å². The number of nitrogens with zero attached hydrogens (tertiary/aromatic N) is 5. The van der Waals surface area contributed by atoms with Crippen molar-refractivity contribution < 1.29 is 14.1 Å². The fourth-order valence-electron chi connectivity index (χ4n) is 5.33. The lowest BCUT2D eigenvalue weighted by molar-refractivity contribution is -0.125. The number of benzene rings is 1. The predicted molar refractivity (Wildman–Crippen MR) is 139 cm³/mol. The highest BCUT2D eigenvalue weighted by atomic mass is 16.5. The average molecular weight is 493 g/mol. The second-order valence-corrected chi connectivity index (χ2v) is 9.80. The first-order chi connectivity index (χ1) is 17.7. The van der Waals surface area contributed by atoms with Gasteiger partial charge in [0.2, 0.25) is 5.91 Å². The Morgan fingerprint density at radius 1 is 1.06 bits per heavy atom. The third kappa shape index (κ3) is 5.61. The molecule has 9 heteroatoms. The summed E-state index contributed by atoms with van der Waals surface area (Å²) in [6, 6.07) is 7.71. The Morgan fingerprint density at radius 2 is 1.81 bits per heavy atom. The van der Waals surface area contributed by atoms with E-state index in [9.17, 15) is 4.79 Å². The van der Waals surface area contributed by atoms with Crippen molar-refractivity contribution in [2.75, 3.05) is 51.3 Å². The summed E-state index contributed by atoms with van der Waals surface area (Å²) in [4.78, 5) is 26.4. The van der Waals surface area contributed by atoms with Gasteiger partial charge in [-0.3, -0.25) is 4.79 Å². The van der Waals surface area contributed by atoms with Crippen LogP contribution in [0.4, 0.5) is 5.82 Å². The summed E-state index contributed by atoms with van der Waals surface area (Å²) < 4.78 is 10.8. The molecule has 1 N–H and O–H groups in total. The van der Waals surface area contributed by atoms with E-state index in [4.69, 9.17) is 9.26 Å². The Kier molecular flexibility index (Phi) is 7.95. The SMILES string of the molecule is COc1ccc(-c2noc3ncnc(N4CCC(C(=O)NCCCN5CCCCCC5)CC4)c23)cc1. The van der Waals surface area contributed by atoms with Crippen LogP contribution in [0.25, 0.3) is 22.4 Å². The number of rotatable bonds is 8. The zero-order valence-corrected chi connectivity index (χ0v) is 21.1. The second-order valence-electron chi connectivity index (χ2n) is 9.80. The van der Waals surface area contributed by atoms with E-state index in [-0.39, 0.29) is 11.8 Å². The van der Waals surface area contributed by atoms with E-state index in [1.165, 1.54) is 45.1 Å². The molecular weight excluding hydrogens is 456 g/mol. The van der Waals surface area contributed by atoms with Gasteiger partial charge >= 0.3 is 0 Å². The molecule has 2 fully saturated rings. The van der Waals surface area contributed by atoms with Crippen molar-refractivity contribution in [3.8, 4) is 17.0 Å². The maximum Gasteiger partial charge on any atom is 0.263 e. The molecule has 1 amide bonds. The average Bonchev–Trinajstić information content (AvgIpc) is 3.19. The van der Waals surface area contributed by atoms with Gasteiger partial charge in [-0.2, -0.15) is 4.98 Å². The molecule has 0 saturated carbocycles. The van der Waals surface area contributed by atoms with E-state index in [1.54, 1.807) is 7.11 Å². The Balaban J connectivity index is 1.17. The van der Waals surface area contributed by atoms with Gasteiger partial charge in [0, 0.05) is 31.1 Å². The molecule has 0 radical (unpaired) electrons. The van der Waals surface area contributed by atoms with Crippen LogP contribution in [0.1, 0.15) is 44.9 Å². The summed E-state index contributed by atoms with van der Waals surface area (Å²) >= 11 is 0. The fourth-order valence-corrected chi connectivity index (χ4v) is 5.33. The molecule has 5 rings (SSSR count). The van der Waals surface area contributed by atoms with E-state index in [0.29, 0.717) is 11.4 Å². The van der Waals surface area contributed by atoms with Crippen molar-refractivity contribution in [3.63, 3.8) is 0 Å². The third-order valence-electron chi connectivity index (χ3n) is 7.43. The van der Waals surface area contributed by atoms with Crippen LogP contribution in [0, 0.1) is 5.92 Å². The van der Waals surface area contributed by atoms with Gasteiger partial charge < -0.3 is 24.4 Å². The number of ether oxygens (including phenoxy) is 1. The van der Waals surface area contributed by atoms with E-state index >= 15 is 0 Å². The molecule has 0 aliphatic carbocycles. The summed E-state index contributed by atoms with van der Waals surface area (Å²) in [5.41, 5.74) is 2.10. The van der Waals surface area contributed by atoms with Crippen LogP contribution in [0.5, 0.6) is 5.75 Å². The molecule has 2 aliphatic heterocycles. The normalized spacial score (nSPS) is 17.8. The molecule has 192 valence electrons. The van der Waals surface area contributed by atoms with Gasteiger partial charge in [0.15, 0.2) is 0 Å². The third-order valence-corrected chi connectivity index (χ3v) is 7.43. The highest BCUT2D eigenvalue weighted by Gasteiger charge is 2.28. The molecule has 0 bridgehead atoms. The predicted octanol–water partition coefficient (Wildman–Crippen LogP) is 3.89. The topological polar surface area (TPSA) is 96.6 Å². The number of carbonyl (C=O) groups excluding carboxylic acids is 1. The number of hydrogen-bond donors (Lipinski definition) is 1. The summed E-state index contributed by atoms with van der Waals surface area (Å²) in [5.74, 6) is 1.82. The van der Waals surface area contributed by atoms with Crippen molar-refractivity contribution in [1.82, 2.24) is 25.3 Å². The van der Waals surface area contributed by atoms with Crippen LogP contribution in [0.3, 0.4) is 0 Å². The molecule has 0 spiro atoms. The van der Waals surface area contributed by atoms with Crippen molar-refractivity contribution in [1.29, 1.82) is 0 Å². The largest absolute Gasteiger partial charge is 0.497 e. The van der Waals surface area contributed by atoms with Gasteiger partial charge in [0.1, 0.15) is 29.0 Å². The van der Waals surface area contributed by atoms with E-state index < -0.39 is 0 Å². The van der Waals surface area contributed by atoms with Crippen LogP contribution in [-0.4, -0.2) is 72.3 Å². The number of amides is 1. The van der Waals surface area contributed by atoms with E-state index in [1.807, 2.05) is 24.3 Å². The summed E-state index contributed by atoms with van der Waals surface area (Å²) in [5, 5.41) is 8.28. The molecule has 2 saturated heterocycles. The first-order valence-corrected chi connectivity index (χ1v) is 13.2. The van der Waals surface area contributed by atoms with Crippen LogP contribution in [0.2, 0.25) is 0 Å². The van der Waals surface area contributed by atoms with Crippen molar-refractivity contribution in [2.24, 2.45) is 5.92 Å². The van der Waals surface area contributed by atoms with Crippen molar-refractivity contribution in [2.45, 2.75) is 44.9 Å². The number of fused-ring (bicyclic) bond motifs is 1. The molecule has 2 aromatic heterocycles. The zero-order chi connectivity index (χ0) is 24.7. The summed E-state index contributed by atoms with van der Waals surface area (Å²) in [7, 11) is 1.65. The van der Waals surface area contributed by atoms with E-state index in [0.717, 1.165) is 68.0 Å². The van der Waals surface area contributed by atoms with Gasteiger partial charge in [-0.05, 0) is 76.0 Å². The molecule has 1 aromatic carbocycles.